The van der Waals surface area contributed by atoms with E-state index in [0.717, 1.165) is 19.1 Å². The van der Waals surface area contributed by atoms with Gasteiger partial charge in [0.15, 0.2) is 0 Å². The summed E-state index contributed by atoms with van der Waals surface area (Å²) >= 11 is 0. The molecule has 2 fully saturated rings. The van der Waals surface area contributed by atoms with Crippen LogP contribution in [0.15, 0.2) is 0 Å². The van der Waals surface area contributed by atoms with E-state index in [0.29, 0.717) is 18.2 Å². The lowest BCUT2D eigenvalue weighted by Gasteiger charge is -2.32. The summed E-state index contributed by atoms with van der Waals surface area (Å²) in [7, 11) is 0. The van der Waals surface area contributed by atoms with Crippen molar-refractivity contribution >= 4 is 0 Å². The van der Waals surface area contributed by atoms with Gasteiger partial charge in [0.25, 0.3) is 0 Å². The van der Waals surface area contributed by atoms with Crippen molar-refractivity contribution in [1.82, 2.24) is 10.2 Å². The van der Waals surface area contributed by atoms with Gasteiger partial charge in [0, 0.05) is 25.2 Å². The highest BCUT2D eigenvalue weighted by molar-refractivity contribution is 4.85. The van der Waals surface area contributed by atoms with Crippen LogP contribution in [0, 0.1) is 5.92 Å². The van der Waals surface area contributed by atoms with Gasteiger partial charge in [-0.1, -0.05) is 13.8 Å². The third-order valence-electron chi connectivity index (χ3n) is 4.34. The molecular weight excluding hydrogens is 212 g/mol. The number of likely N-dealkylation sites (tertiary alicyclic amines) is 1. The fourth-order valence-electron chi connectivity index (χ4n) is 3.13. The van der Waals surface area contributed by atoms with E-state index in [2.05, 4.69) is 31.0 Å². The van der Waals surface area contributed by atoms with Gasteiger partial charge >= 0.3 is 0 Å². The van der Waals surface area contributed by atoms with Crippen LogP contribution >= 0.6 is 0 Å². The Balaban J connectivity index is 1.80. The van der Waals surface area contributed by atoms with Crippen molar-refractivity contribution < 1.29 is 4.74 Å². The summed E-state index contributed by atoms with van der Waals surface area (Å²) in [6.45, 7) is 11.5. The van der Waals surface area contributed by atoms with Gasteiger partial charge in [0.05, 0.1) is 6.10 Å². The fraction of sp³-hybridized carbons (Fsp3) is 1.00. The molecule has 2 heterocycles. The minimum atomic E-state index is 0.390. The zero-order valence-electron chi connectivity index (χ0n) is 11.6. The summed E-state index contributed by atoms with van der Waals surface area (Å²) in [6.07, 6.45) is 4.33. The molecule has 100 valence electrons. The van der Waals surface area contributed by atoms with Crippen molar-refractivity contribution in [3.8, 4) is 0 Å². The monoisotopic (exact) mass is 240 g/mol. The van der Waals surface area contributed by atoms with Gasteiger partial charge in [-0.3, -0.25) is 4.90 Å². The molecule has 0 saturated carbocycles. The van der Waals surface area contributed by atoms with Gasteiger partial charge in [-0.15, -0.1) is 0 Å². The Kier molecular flexibility index (Phi) is 4.83. The molecule has 0 radical (unpaired) electrons. The number of rotatable bonds is 5. The Hall–Kier alpha value is -0.120. The lowest BCUT2D eigenvalue weighted by molar-refractivity contribution is 0.108. The molecular formula is C14H28N2O. The van der Waals surface area contributed by atoms with Crippen molar-refractivity contribution in [2.24, 2.45) is 5.92 Å². The molecule has 2 aliphatic heterocycles. The fourth-order valence-corrected chi connectivity index (χ4v) is 3.13. The highest BCUT2D eigenvalue weighted by Gasteiger charge is 2.28. The zero-order chi connectivity index (χ0) is 12.3. The summed E-state index contributed by atoms with van der Waals surface area (Å²) in [5, 5.41) is 3.72. The molecule has 3 atom stereocenters. The van der Waals surface area contributed by atoms with Crippen LogP contribution in [0.4, 0.5) is 0 Å². The van der Waals surface area contributed by atoms with Crippen LogP contribution in [-0.4, -0.2) is 49.3 Å². The third kappa shape index (κ3) is 3.43. The van der Waals surface area contributed by atoms with Gasteiger partial charge in [0.1, 0.15) is 0 Å². The van der Waals surface area contributed by atoms with Gasteiger partial charge in [-0.25, -0.2) is 0 Å². The molecule has 2 saturated heterocycles. The molecule has 1 N–H and O–H groups in total. The first-order chi connectivity index (χ1) is 8.18. The quantitative estimate of drug-likeness (QED) is 0.794. The van der Waals surface area contributed by atoms with Crippen LogP contribution in [0.5, 0.6) is 0 Å². The predicted molar refractivity (Wildman–Crippen MR) is 71.3 cm³/mol. The summed E-state index contributed by atoms with van der Waals surface area (Å²) in [6, 6.07) is 1.27. The van der Waals surface area contributed by atoms with Gasteiger partial charge < -0.3 is 10.1 Å². The second-order valence-corrected chi connectivity index (χ2v) is 5.93. The third-order valence-corrected chi connectivity index (χ3v) is 4.34. The molecule has 0 aromatic heterocycles. The highest BCUT2D eigenvalue weighted by Crippen LogP contribution is 2.18. The van der Waals surface area contributed by atoms with Crippen LogP contribution in [0.1, 0.15) is 40.0 Å². The Morgan fingerprint density at radius 2 is 2.00 bits per heavy atom. The maximum atomic E-state index is 5.61. The van der Waals surface area contributed by atoms with Crippen LogP contribution in [0.3, 0.4) is 0 Å². The predicted octanol–water partition coefficient (Wildman–Crippen LogP) is 1.87. The van der Waals surface area contributed by atoms with Crippen molar-refractivity contribution in [3.05, 3.63) is 0 Å². The van der Waals surface area contributed by atoms with Crippen molar-refractivity contribution in [3.63, 3.8) is 0 Å². The van der Waals surface area contributed by atoms with Crippen molar-refractivity contribution in [2.75, 3.05) is 26.2 Å². The van der Waals surface area contributed by atoms with Gasteiger partial charge in [-0.2, -0.15) is 0 Å². The molecule has 0 aliphatic carbocycles. The first-order valence-electron chi connectivity index (χ1n) is 7.27. The average molecular weight is 240 g/mol. The Morgan fingerprint density at radius 3 is 2.53 bits per heavy atom. The minimum absolute atomic E-state index is 0.390. The van der Waals surface area contributed by atoms with Crippen LogP contribution in [-0.2, 0) is 4.74 Å². The minimum Gasteiger partial charge on any atom is -0.377 e. The normalized spacial score (nSPS) is 32.5. The molecule has 0 aromatic rings. The molecule has 2 aliphatic rings. The lowest BCUT2D eigenvalue weighted by Crippen LogP contribution is -2.48. The van der Waals surface area contributed by atoms with E-state index >= 15 is 0 Å². The standard InChI is InChI=1S/C14H28N2O/c1-11(2)14(16-7-4-5-8-16)10-15-13-6-9-17-12(13)3/h11-15H,4-10H2,1-3H3. The summed E-state index contributed by atoms with van der Waals surface area (Å²) in [5.41, 5.74) is 0. The van der Waals surface area contributed by atoms with Crippen molar-refractivity contribution in [1.29, 1.82) is 0 Å². The largest absolute Gasteiger partial charge is 0.377 e. The SMILES string of the molecule is CC(C)C(CNC1CCOC1C)N1CCCC1. The average Bonchev–Trinajstić information content (AvgIpc) is 2.91. The molecule has 3 heteroatoms. The summed E-state index contributed by atoms with van der Waals surface area (Å²) in [4.78, 5) is 2.66. The Labute approximate surface area is 106 Å². The number of hydrogen-bond acceptors (Lipinski definition) is 3. The molecule has 17 heavy (non-hydrogen) atoms. The van der Waals surface area contributed by atoms with E-state index < -0.39 is 0 Å². The molecule has 0 bridgehead atoms. The molecule has 3 nitrogen and oxygen atoms in total. The lowest BCUT2D eigenvalue weighted by atomic mass is 10.0. The van der Waals surface area contributed by atoms with Crippen LogP contribution in [0.25, 0.3) is 0 Å². The highest BCUT2D eigenvalue weighted by atomic mass is 16.5. The number of nitrogens with zero attached hydrogens (tertiary/aromatic N) is 1. The summed E-state index contributed by atoms with van der Waals surface area (Å²) < 4.78 is 5.61. The smallest absolute Gasteiger partial charge is 0.0700 e. The Morgan fingerprint density at radius 1 is 1.29 bits per heavy atom. The van der Waals surface area contributed by atoms with Gasteiger partial charge in [0.2, 0.25) is 0 Å². The Bertz CT molecular complexity index is 226. The first-order valence-corrected chi connectivity index (χ1v) is 7.27. The summed E-state index contributed by atoms with van der Waals surface area (Å²) in [5.74, 6) is 0.734. The molecule has 0 aromatic carbocycles. The van der Waals surface area contributed by atoms with E-state index in [-0.39, 0.29) is 0 Å². The van der Waals surface area contributed by atoms with Crippen LogP contribution < -0.4 is 5.32 Å². The number of nitrogens with one attached hydrogen (secondary N) is 1. The topological polar surface area (TPSA) is 24.5 Å². The second-order valence-electron chi connectivity index (χ2n) is 5.93. The van der Waals surface area contributed by atoms with E-state index in [1.807, 2.05) is 0 Å². The molecule has 0 spiro atoms. The molecule has 2 rings (SSSR count). The maximum Gasteiger partial charge on any atom is 0.0700 e. The van der Waals surface area contributed by atoms with Crippen LogP contribution in [0.2, 0.25) is 0 Å². The number of ether oxygens (including phenoxy) is 1. The molecule has 0 amide bonds. The first kappa shape index (κ1) is 13.3. The maximum absolute atomic E-state index is 5.61. The van der Waals surface area contributed by atoms with E-state index in [4.69, 9.17) is 4.74 Å². The van der Waals surface area contributed by atoms with E-state index in [1.54, 1.807) is 0 Å². The number of hydrogen-bond donors (Lipinski definition) is 1. The van der Waals surface area contributed by atoms with Gasteiger partial charge in [-0.05, 0) is 45.2 Å². The second kappa shape index (κ2) is 6.17. The zero-order valence-corrected chi connectivity index (χ0v) is 11.6. The van der Waals surface area contributed by atoms with E-state index in [1.165, 1.54) is 32.4 Å². The molecule has 3 unspecified atom stereocenters. The van der Waals surface area contributed by atoms with E-state index in [9.17, 15) is 0 Å². The van der Waals surface area contributed by atoms with Crippen molar-refractivity contribution in [2.45, 2.75) is 58.2 Å².